The second-order valence-corrected chi connectivity index (χ2v) is 6.35. The molecule has 0 fully saturated rings. The Balaban J connectivity index is 2.03. The second-order valence-electron chi connectivity index (χ2n) is 5.44. The van der Waals surface area contributed by atoms with E-state index in [2.05, 4.69) is 21.2 Å². The smallest absolute Gasteiger partial charge is 0.238 e. The van der Waals surface area contributed by atoms with Crippen LogP contribution >= 0.6 is 15.9 Å². The molecule has 2 aromatic rings. The van der Waals surface area contributed by atoms with Crippen molar-refractivity contribution in [2.75, 3.05) is 5.32 Å². The molecule has 0 saturated heterocycles. The maximum atomic E-state index is 15.0. The van der Waals surface area contributed by atoms with E-state index < -0.39 is 23.3 Å². The van der Waals surface area contributed by atoms with E-state index in [1.54, 1.807) is 48.5 Å². The van der Waals surface area contributed by atoms with E-state index in [1.807, 2.05) is 0 Å². The first kappa shape index (κ1) is 14.9. The molecule has 1 heterocycles. The number of nitrogens with one attached hydrogen (secondary N) is 1. The fourth-order valence-electron chi connectivity index (χ4n) is 2.72. The highest BCUT2D eigenvalue weighted by Crippen LogP contribution is 2.42. The van der Waals surface area contributed by atoms with Crippen LogP contribution in [0.3, 0.4) is 0 Å². The average molecular weight is 362 g/mol. The fourth-order valence-corrected chi connectivity index (χ4v) is 3.12. The van der Waals surface area contributed by atoms with Crippen molar-refractivity contribution in [3.05, 3.63) is 64.1 Å². The summed E-state index contributed by atoms with van der Waals surface area (Å²) in [6.07, 6.45) is -1.95. The lowest BCUT2D eigenvalue weighted by atomic mass is 9.76. The monoisotopic (exact) mass is 361 g/mol. The van der Waals surface area contributed by atoms with Crippen LogP contribution in [0.4, 0.5) is 10.1 Å². The number of hydrogen-bond acceptors (Lipinski definition) is 2. The molecule has 5 heteroatoms. The molecule has 0 spiro atoms. The molecule has 0 bridgehead atoms. The molecule has 1 aliphatic heterocycles. The third-order valence-electron chi connectivity index (χ3n) is 4.05. The van der Waals surface area contributed by atoms with Crippen molar-refractivity contribution < 1.29 is 14.0 Å². The SMILES string of the molecule is C[C@]1([C@@H](F)C(=O)c2cccc(Br)c2)C(=O)Nc2ccccc21. The van der Waals surface area contributed by atoms with E-state index in [-0.39, 0.29) is 5.56 Å². The Hall–Kier alpha value is -2.01. The van der Waals surface area contributed by atoms with E-state index in [0.717, 1.165) is 0 Å². The lowest BCUT2D eigenvalue weighted by Crippen LogP contribution is -2.44. The Kier molecular flexibility index (Phi) is 3.60. The number of carbonyl (C=O) groups is 2. The van der Waals surface area contributed by atoms with E-state index in [1.165, 1.54) is 6.92 Å². The predicted octanol–water partition coefficient (Wildman–Crippen LogP) is 3.88. The number of rotatable bonds is 3. The van der Waals surface area contributed by atoms with Crippen LogP contribution in [0.25, 0.3) is 0 Å². The van der Waals surface area contributed by atoms with Crippen LogP contribution in [0.1, 0.15) is 22.8 Å². The van der Waals surface area contributed by atoms with Crippen LogP contribution in [-0.2, 0) is 10.2 Å². The van der Waals surface area contributed by atoms with E-state index >= 15 is 4.39 Å². The van der Waals surface area contributed by atoms with Crippen molar-refractivity contribution in [3.63, 3.8) is 0 Å². The Morgan fingerprint density at radius 3 is 2.68 bits per heavy atom. The first-order valence-electron chi connectivity index (χ1n) is 6.79. The van der Waals surface area contributed by atoms with Gasteiger partial charge in [0.15, 0.2) is 12.0 Å². The van der Waals surface area contributed by atoms with Crippen molar-refractivity contribution in [3.8, 4) is 0 Å². The maximum Gasteiger partial charge on any atom is 0.238 e. The number of benzene rings is 2. The standard InChI is InChI=1S/C17H13BrFNO2/c1-17(12-7-2-3-8-13(12)20-16(17)22)15(19)14(21)10-5-4-6-11(18)9-10/h2-9,15H,1H3,(H,20,22)/t15-,17-/m0/s1. The average Bonchev–Trinajstić information content (AvgIpc) is 2.78. The Morgan fingerprint density at radius 1 is 1.23 bits per heavy atom. The minimum atomic E-state index is -1.95. The predicted molar refractivity (Wildman–Crippen MR) is 85.8 cm³/mol. The molecular formula is C17H13BrFNO2. The molecule has 22 heavy (non-hydrogen) atoms. The van der Waals surface area contributed by atoms with Gasteiger partial charge in [-0.05, 0) is 30.7 Å². The maximum absolute atomic E-state index is 15.0. The number of hydrogen-bond donors (Lipinski definition) is 1. The molecule has 0 aromatic heterocycles. The van der Waals surface area contributed by atoms with Crippen molar-refractivity contribution in [2.24, 2.45) is 0 Å². The Labute approximate surface area is 135 Å². The van der Waals surface area contributed by atoms with Crippen LogP contribution in [0.5, 0.6) is 0 Å². The zero-order valence-electron chi connectivity index (χ0n) is 11.8. The number of para-hydroxylation sites is 1. The highest BCUT2D eigenvalue weighted by Gasteiger charge is 2.52. The topological polar surface area (TPSA) is 46.2 Å². The molecule has 2 atom stereocenters. The first-order chi connectivity index (χ1) is 10.4. The first-order valence-corrected chi connectivity index (χ1v) is 7.58. The summed E-state index contributed by atoms with van der Waals surface area (Å²) in [5.41, 5.74) is -0.216. The molecule has 1 N–H and O–H groups in total. The van der Waals surface area contributed by atoms with Gasteiger partial charge in [-0.2, -0.15) is 0 Å². The number of carbonyl (C=O) groups excluding carboxylic acids is 2. The highest BCUT2D eigenvalue weighted by atomic mass is 79.9. The molecule has 0 radical (unpaired) electrons. The third kappa shape index (κ3) is 2.16. The van der Waals surface area contributed by atoms with Crippen LogP contribution in [-0.4, -0.2) is 17.9 Å². The van der Waals surface area contributed by atoms with Gasteiger partial charge in [-0.1, -0.05) is 46.3 Å². The number of ketones is 1. The van der Waals surface area contributed by atoms with Gasteiger partial charge in [0.1, 0.15) is 5.41 Å². The number of Topliss-reactive ketones (excluding diaryl/α,β-unsaturated/α-hetero) is 1. The third-order valence-corrected chi connectivity index (χ3v) is 4.55. The van der Waals surface area contributed by atoms with Gasteiger partial charge in [-0.15, -0.1) is 0 Å². The van der Waals surface area contributed by atoms with Gasteiger partial charge in [-0.3, -0.25) is 9.59 Å². The van der Waals surface area contributed by atoms with Gasteiger partial charge in [0.05, 0.1) is 0 Å². The van der Waals surface area contributed by atoms with Gasteiger partial charge in [0, 0.05) is 15.7 Å². The number of anilines is 1. The summed E-state index contributed by atoms with van der Waals surface area (Å²) in [6.45, 7) is 1.47. The molecule has 1 amide bonds. The van der Waals surface area contributed by atoms with Crippen molar-refractivity contribution in [1.82, 2.24) is 0 Å². The summed E-state index contributed by atoms with van der Waals surface area (Å²) in [5, 5.41) is 2.65. The number of fused-ring (bicyclic) bond motifs is 1. The lowest BCUT2D eigenvalue weighted by molar-refractivity contribution is -0.121. The summed E-state index contributed by atoms with van der Waals surface area (Å²) in [7, 11) is 0. The van der Waals surface area contributed by atoms with Gasteiger partial charge in [0.2, 0.25) is 5.91 Å². The second kappa shape index (κ2) is 5.32. The minimum absolute atomic E-state index is 0.236. The van der Waals surface area contributed by atoms with Crippen LogP contribution in [0.15, 0.2) is 53.0 Å². The van der Waals surface area contributed by atoms with Gasteiger partial charge in [-0.25, -0.2) is 4.39 Å². The van der Waals surface area contributed by atoms with Crippen molar-refractivity contribution in [1.29, 1.82) is 0 Å². The Morgan fingerprint density at radius 2 is 1.95 bits per heavy atom. The molecule has 3 rings (SSSR count). The molecule has 2 aromatic carbocycles. The van der Waals surface area contributed by atoms with Crippen molar-refractivity contribution in [2.45, 2.75) is 18.5 Å². The summed E-state index contributed by atoms with van der Waals surface area (Å²) in [5.74, 6) is -1.19. The van der Waals surface area contributed by atoms with Crippen LogP contribution in [0, 0.1) is 0 Å². The highest BCUT2D eigenvalue weighted by molar-refractivity contribution is 9.10. The van der Waals surface area contributed by atoms with Crippen LogP contribution in [0.2, 0.25) is 0 Å². The summed E-state index contributed by atoms with van der Waals surface area (Å²) >= 11 is 3.26. The number of amides is 1. The van der Waals surface area contributed by atoms with Crippen molar-refractivity contribution >= 4 is 33.3 Å². The van der Waals surface area contributed by atoms with E-state index in [9.17, 15) is 9.59 Å². The fraction of sp³-hybridized carbons (Fsp3) is 0.176. The van der Waals surface area contributed by atoms with E-state index in [0.29, 0.717) is 15.7 Å². The molecular weight excluding hydrogens is 349 g/mol. The lowest BCUT2D eigenvalue weighted by Gasteiger charge is -2.25. The summed E-state index contributed by atoms with van der Waals surface area (Å²) in [4.78, 5) is 24.8. The number of alkyl halides is 1. The molecule has 3 nitrogen and oxygen atoms in total. The Bertz CT molecular complexity index is 777. The van der Waals surface area contributed by atoms with E-state index in [4.69, 9.17) is 0 Å². The zero-order chi connectivity index (χ0) is 15.9. The summed E-state index contributed by atoms with van der Waals surface area (Å²) < 4.78 is 15.7. The van der Waals surface area contributed by atoms with Gasteiger partial charge >= 0.3 is 0 Å². The van der Waals surface area contributed by atoms with Gasteiger partial charge in [0.25, 0.3) is 0 Å². The largest absolute Gasteiger partial charge is 0.325 e. The zero-order valence-corrected chi connectivity index (χ0v) is 13.4. The number of halogens is 2. The minimum Gasteiger partial charge on any atom is -0.325 e. The summed E-state index contributed by atoms with van der Waals surface area (Å²) in [6, 6.07) is 13.4. The molecule has 0 unspecified atom stereocenters. The quantitative estimate of drug-likeness (QED) is 0.843. The molecule has 0 aliphatic carbocycles. The normalized spacial score (nSPS) is 21.1. The van der Waals surface area contributed by atoms with Crippen LogP contribution < -0.4 is 5.32 Å². The van der Waals surface area contributed by atoms with Gasteiger partial charge < -0.3 is 5.32 Å². The molecule has 0 saturated carbocycles. The molecule has 112 valence electrons. The molecule has 1 aliphatic rings.